The van der Waals surface area contributed by atoms with Crippen molar-refractivity contribution in [1.82, 2.24) is 10.6 Å². The standard InChI is InChI=1S/C10H18N2/c1-3-4-5-7-12-10(2)6-8-11-9-10/h11-12H,5-9H2,1-2H3. The first-order chi connectivity index (χ1) is 5.77. The van der Waals surface area contributed by atoms with Gasteiger partial charge in [-0.15, -0.1) is 11.8 Å². The lowest BCUT2D eigenvalue weighted by atomic mass is 10.0. The Labute approximate surface area is 75.1 Å². The fourth-order valence-corrected chi connectivity index (χ4v) is 1.52. The van der Waals surface area contributed by atoms with E-state index in [0.717, 1.165) is 26.1 Å². The predicted molar refractivity (Wildman–Crippen MR) is 52.0 cm³/mol. The fourth-order valence-electron chi connectivity index (χ4n) is 1.52. The van der Waals surface area contributed by atoms with Crippen LogP contribution in [0.2, 0.25) is 0 Å². The molecule has 68 valence electrons. The first kappa shape index (κ1) is 9.57. The summed E-state index contributed by atoms with van der Waals surface area (Å²) in [6, 6.07) is 0. The van der Waals surface area contributed by atoms with E-state index in [9.17, 15) is 0 Å². The molecule has 12 heavy (non-hydrogen) atoms. The van der Waals surface area contributed by atoms with Crippen LogP contribution in [0.1, 0.15) is 26.7 Å². The Kier molecular flexibility index (Phi) is 3.58. The highest BCUT2D eigenvalue weighted by molar-refractivity contribution is 4.97. The van der Waals surface area contributed by atoms with Gasteiger partial charge in [-0.1, -0.05) is 0 Å². The van der Waals surface area contributed by atoms with Crippen LogP contribution in [0, 0.1) is 11.8 Å². The van der Waals surface area contributed by atoms with Gasteiger partial charge in [-0.2, -0.15) is 0 Å². The molecule has 1 aliphatic rings. The molecule has 0 radical (unpaired) electrons. The summed E-state index contributed by atoms with van der Waals surface area (Å²) in [6.45, 7) is 7.40. The van der Waals surface area contributed by atoms with Gasteiger partial charge in [-0.05, 0) is 26.8 Å². The van der Waals surface area contributed by atoms with Crippen LogP contribution in [-0.2, 0) is 0 Å². The van der Waals surface area contributed by atoms with E-state index < -0.39 is 0 Å². The minimum Gasteiger partial charge on any atom is -0.315 e. The molecule has 0 bridgehead atoms. The summed E-state index contributed by atoms with van der Waals surface area (Å²) >= 11 is 0. The van der Waals surface area contributed by atoms with Crippen LogP contribution in [0.4, 0.5) is 0 Å². The molecule has 0 aromatic rings. The van der Waals surface area contributed by atoms with Crippen molar-refractivity contribution >= 4 is 0 Å². The van der Waals surface area contributed by atoms with Crippen molar-refractivity contribution in [1.29, 1.82) is 0 Å². The van der Waals surface area contributed by atoms with E-state index in [-0.39, 0.29) is 0 Å². The molecule has 2 N–H and O–H groups in total. The van der Waals surface area contributed by atoms with E-state index in [1.165, 1.54) is 6.42 Å². The molecule has 1 aliphatic heterocycles. The third-order valence-electron chi connectivity index (χ3n) is 2.35. The van der Waals surface area contributed by atoms with Gasteiger partial charge in [0.05, 0.1) is 0 Å². The molecule has 0 aromatic heterocycles. The van der Waals surface area contributed by atoms with Crippen molar-refractivity contribution in [3.8, 4) is 11.8 Å². The highest BCUT2D eigenvalue weighted by Crippen LogP contribution is 2.12. The first-order valence-corrected chi connectivity index (χ1v) is 4.62. The maximum atomic E-state index is 3.53. The molecule has 1 atom stereocenters. The Morgan fingerprint density at radius 1 is 1.58 bits per heavy atom. The Balaban J connectivity index is 2.15. The van der Waals surface area contributed by atoms with Crippen molar-refractivity contribution in [2.45, 2.75) is 32.2 Å². The Hall–Kier alpha value is -0.520. The second-order valence-electron chi connectivity index (χ2n) is 3.59. The maximum absolute atomic E-state index is 3.53. The average Bonchev–Trinajstić information content (AvgIpc) is 2.47. The number of rotatable bonds is 3. The van der Waals surface area contributed by atoms with Gasteiger partial charge in [0, 0.05) is 25.0 Å². The van der Waals surface area contributed by atoms with Crippen molar-refractivity contribution < 1.29 is 0 Å². The van der Waals surface area contributed by atoms with Crippen LogP contribution < -0.4 is 10.6 Å². The van der Waals surface area contributed by atoms with Gasteiger partial charge in [0.1, 0.15) is 0 Å². The second-order valence-corrected chi connectivity index (χ2v) is 3.59. The molecular weight excluding hydrogens is 148 g/mol. The smallest absolute Gasteiger partial charge is 0.0290 e. The van der Waals surface area contributed by atoms with E-state index >= 15 is 0 Å². The third kappa shape index (κ3) is 2.84. The summed E-state index contributed by atoms with van der Waals surface area (Å²) in [7, 11) is 0. The monoisotopic (exact) mass is 166 g/mol. The van der Waals surface area contributed by atoms with Crippen LogP contribution in [0.15, 0.2) is 0 Å². The summed E-state index contributed by atoms with van der Waals surface area (Å²) in [5.74, 6) is 5.96. The molecule has 1 unspecified atom stereocenters. The second kappa shape index (κ2) is 4.49. The highest BCUT2D eigenvalue weighted by atomic mass is 15.1. The topological polar surface area (TPSA) is 24.1 Å². The van der Waals surface area contributed by atoms with E-state index in [2.05, 4.69) is 29.4 Å². The normalized spacial score (nSPS) is 28.2. The average molecular weight is 166 g/mol. The zero-order chi connectivity index (χ0) is 8.86. The first-order valence-electron chi connectivity index (χ1n) is 4.62. The molecule has 1 saturated heterocycles. The fraction of sp³-hybridized carbons (Fsp3) is 0.800. The minimum atomic E-state index is 0.315. The van der Waals surface area contributed by atoms with Gasteiger partial charge in [0.2, 0.25) is 0 Å². The van der Waals surface area contributed by atoms with Crippen molar-refractivity contribution in [2.75, 3.05) is 19.6 Å². The molecule has 1 fully saturated rings. The molecule has 1 rings (SSSR count). The van der Waals surface area contributed by atoms with Gasteiger partial charge >= 0.3 is 0 Å². The van der Waals surface area contributed by atoms with Gasteiger partial charge < -0.3 is 10.6 Å². The molecule has 2 nitrogen and oxygen atoms in total. The lowest BCUT2D eigenvalue weighted by Crippen LogP contribution is -2.44. The molecule has 0 amide bonds. The largest absolute Gasteiger partial charge is 0.315 e. The summed E-state index contributed by atoms with van der Waals surface area (Å²) < 4.78 is 0. The van der Waals surface area contributed by atoms with E-state index in [1.807, 2.05) is 6.92 Å². The summed E-state index contributed by atoms with van der Waals surface area (Å²) in [4.78, 5) is 0. The summed E-state index contributed by atoms with van der Waals surface area (Å²) in [5.41, 5.74) is 0.315. The van der Waals surface area contributed by atoms with Crippen molar-refractivity contribution in [3.05, 3.63) is 0 Å². The van der Waals surface area contributed by atoms with Gasteiger partial charge in [0.25, 0.3) is 0 Å². The Morgan fingerprint density at radius 2 is 2.42 bits per heavy atom. The predicted octanol–water partition coefficient (Wildman–Crippen LogP) is 0.741. The van der Waals surface area contributed by atoms with Crippen LogP contribution in [0.25, 0.3) is 0 Å². The highest BCUT2D eigenvalue weighted by Gasteiger charge is 2.26. The van der Waals surface area contributed by atoms with Gasteiger partial charge in [0.15, 0.2) is 0 Å². The molecule has 2 heteroatoms. The SMILES string of the molecule is CC#CCCNC1(C)CCNC1. The number of hydrogen-bond donors (Lipinski definition) is 2. The third-order valence-corrected chi connectivity index (χ3v) is 2.35. The Morgan fingerprint density at radius 3 is 3.00 bits per heavy atom. The van der Waals surface area contributed by atoms with Gasteiger partial charge in [-0.25, -0.2) is 0 Å². The molecule has 1 heterocycles. The lowest BCUT2D eigenvalue weighted by Gasteiger charge is -2.23. The van der Waals surface area contributed by atoms with Crippen molar-refractivity contribution in [3.63, 3.8) is 0 Å². The molecule has 0 aliphatic carbocycles. The summed E-state index contributed by atoms with van der Waals surface area (Å²) in [5, 5.41) is 6.88. The Bertz CT molecular complexity index is 182. The number of nitrogens with one attached hydrogen (secondary N) is 2. The molecular formula is C10H18N2. The number of hydrogen-bond acceptors (Lipinski definition) is 2. The van der Waals surface area contributed by atoms with Crippen LogP contribution >= 0.6 is 0 Å². The lowest BCUT2D eigenvalue weighted by molar-refractivity contribution is 0.393. The van der Waals surface area contributed by atoms with Crippen LogP contribution in [0.3, 0.4) is 0 Å². The summed E-state index contributed by atoms with van der Waals surface area (Å²) in [6.07, 6.45) is 2.19. The molecule has 0 aromatic carbocycles. The minimum absolute atomic E-state index is 0.315. The van der Waals surface area contributed by atoms with E-state index in [0.29, 0.717) is 5.54 Å². The quantitative estimate of drug-likeness (QED) is 0.477. The van der Waals surface area contributed by atoms with Crippen molar-refractivity contribution in [2.24, 2.45) is 0 Å². The van der Waals surface area contributed by atoms with E-state index in [4.69, 9.17) is 0 Å². The van der Waals surface area contributed by atoms with Gasteiger partial charge in [-0.3, -0.25) is 0 Å². The zero-order valence-corrected chi connectivity index (χ0v) is 8.04. The van der Waals surface area contributed by atoms with Crippen LogP contribution in [0.5, 0.6) is 0 Å². The molecule has 0 spiro atoms. The van der Waals surface area contributed by atoms with E-state index in [1.54, 1.807) is 0 Å². The maximum Gasteiger partial charge on any atom is 0.0290 e. The zero-order valence-electron chi connectivity index (χ0n) is 8.04. The van der Waals surface area contributed by atoms with Crippen LogP contribution in [-0.4, -0.2) is 25.2 Å². The molecule has 0 saturated carbocycles.